The fraction of sp³-hybridized carbons (Fsp3) is 0.727. The predicted molar refractivity (Wildman–Crippen MR) is 63.3 cm³/mol. The van der Waals surface area contributed by atoms with E-state index in [4.69, 9.17) is 11.6 Å². The van der Waals surface area contributed by atoms with Gasteiger partial charge in [-0.1, -0.05) is 12.8 Å². The molecule has 1 N–H and O–H groups in total. The number of nitrogens with one attached hydrogen (secondary N) is 1. The minimum atomic E-state index is 0.371. The van der Waals surface area contributed by atoms with E-state index in [0.29, 0.717) is 11.9 Å². The number of alkyl halides is 1. The summed E-state index contributed by atoms with van der Waals surface area (Å²) in [6, 6.07) is 0.371. The van der Waals surface area contributed by atoms with Gasteiger partial charge < -0.3 is 9.88 Å². The van der Waals surface area contributed by atoms with Crippen LogP contribution in [-0.4, -0.2) is 21.5 Å². The van der Waals surface area contributed by atoms with Crippen molar-refractivity contribution in [3.05, 3.63) is 12.4 Å². The molecule has 0 bridgehead atoms. The third-order valence-corrected chi connectivity index (χ3v) is 3.60. The van der Waals surface area contributed by atoms with Gasteiger partial charge in [0.1, 0.15) is 0 Å². The van der Waals surface area contributed by atoms with Gasteiger partial charge in [-0.3, -0.25) is 0 Å². The number of hydrogen-bond donors (Lipinski definition) is 1. The van der Waals surface area contributed by atoms with Gasteiger partial charge in [0.2, 0.25) is 5.95 Å². The van der Waals surface area contributed by atoms with Gasteiger partial charge in [-0.25, -0.2) is 4.98 Å². The zero-order valence-corrected chi connectivity index (χ0v) is 9.87. The third kappa shape index (κ3) is 2.46. The fourth-order valence-corrected chi connectivity index (χ4v) is 2.64. The van der Waals surface area contributed by atoms with E-state index in [1.54, 1.807) is 0 Å². The van der Waals surface area contributed by atoms with Crippen LogP contribution in [0.3, 0.4) is 0 Å². The summed E-state index contributed by atoms with van der Waals surface area (Å²) in [5.74, 6) is 2.31. The second-order valence-electron chi connectivity index (χ2n) is 4.31. The molecule has 1 atom stereocenters. The normalized spacial score (nSPS) is 19.3. The van der Waals surface area contributed by atoms with Crippen LogP contribution < -0.4 is 5.32 Å². The van der Waals surface area contributed by atoms with Crippen molar-refractivity contribution in [2.24, 2.45) is 13.0 Å². The van der Waals surface area contributed by atoms with E-state index in [1.807, 2.05) is 24.0 Å². The molecule has 0 saturated heterocycles. The maximum absolute atomic E-state index is 6.02. The lowest BCUT2D eigenvalue weighted by atomic mass is 10.00. The molecule has 0 spiro atoms. The minimum Gasteiger partial charge on any atom is -0.351 e. The predicted octanol–water partition coefficient (Wildman–Crippen LogP) is 2.63. The van der Waals surface area contributed by atoms with E-state index in [9.17, 15) is 0 Å². The molecule has 1 aliphatic carbocycles. The van der Waals surface area contributed by atoms with Crippen LogP contribution in [0.1, 0.15) is 25.7 Å². The summed E-state index contributed by atoms with van der Waals surface area (Å²) in [7, 11) is 2.00. The topological polar surface area (TPSA) is 29.9 Å². The Morgan fingerprint density at radius 2 is 2.33 bits per heavy atom. The Labute approximate surface area is 95.8 Å². The molecule has 3 nitrogen and oxygen atoms in total. The quantitative estimate of drug-likeness (QED) is 0.802. The lowest BCUT2D eigenvalue weighted by molar-refractivity contribution is 0.482. The molecule has 4 heteroatoms. The number of halogens is 1. The van der Waals surface area contributed by atoms with Gasteiger partial charge in [0.15, 0.2) is 0 Å². The van der Waals surface area contributed by atoms with Crippen LogP contribution in [0.2, 0.25) is 0 Å². The SMILES string of the molecule is Cn1ccnc1NC(CCl)C1CCCC1. The highest BCUT2D eigenvalue weighted by Gasteiger charge is 2.24. The van der Waals surface area contributed by atoms with Gasteiger partial charge in [-0.2, -0.15) is 0 Å². The van der Waals surface area contributed by atoms with E-state index < -0.39 is 0 Å². The molecule has 0 amide bonds. The number of imidazole rings is 1. The van der Waals surface area contributed by atoms with Crippen LogP contribution in [0, 0.1) is 5.92 Å². The van der Waals surface area contributed by atoms with Gasteiger partial charge in [0.25, 0.3) is 0 Å². The molecule has 1 saturated carbocycles. The van der Waals surface area contributed by atoms with Crippen LogP contribution in [0.5, 0.6) is 0 Å². The summed E-state index contributed by atoms with van der Waals surface area (Å²) < 4.78 is 1.99. The summed E-state index contributed by atoms with van der Waals surface area (Å²) in [6.45, 7) is 0. The Bertz CT molecular complexity index is 305. The zero-order chi connectivity index (χ0) is 10.7. The molecule has 2 rings (SSSR count). The highest BCUT2D eigenvalue weighted by Crippen LogP contribution is 2.29. The highest BCUT2D eigenvalue weighted by atomic mass is 35.5. The van der Waals surface area contributed by atoms with Crippen molar-refractivity contribution >= 4 is 17.5 Å². The smallest absolute Gasteiger partial charge is 0.202 e. The first-order valence-corrected chi connectivity index (χ1v) is 6.14. The van der Waals surface area contributed by atoms with Crippen LogP contribution in [0.25, 0.3) is 0 Å². The van der Waals surface area contributed by atoms with Crippen molar-refractivity contribution in [1.29, 1.82) is 0 Å². The molecule has 1 fully saturated rings. The molecule has 0 radical (unpaired) electrons. The molecule has 84 valence electrons. The molecule has 0 aliphatic heterocycles. The molecule has 15 heavy (non-hydrogen) atoms. The number of rotatable bonds is 4. The van der Waals surface area contributed by atoms with E-state index in [1.165, 1.54) is 25.7 Å². The lowest BCUT2D eigenvalue weighted by Crippen LogP contribution is -2.30. The van der Waals surface area contributed by atoms with Crippen LogP contribution in [0.15, 0.2) is 12.4 Å². The Morgan fingerprint density at radius 1 is 1.60 bits per heavy atom. The summed E-state index contributed by atoms with van der Waals surface area (Å²) in [5, 5.41) is 3.44. The third-order valence-electron chi connectivity index (χ3n) is 3.27. The molecule has 1 heterocycles. The minimum absolute atomic E-state index is 0.371. The van der Waals surface area contributed by atoms with Crippen LogP contribution in [0.4, 0.5) is 5.95 Å². The van der Waals surface area contributed by atoms with Crippen LogP contribution in [-0.2, 0) is 7.05 Å². The largest absolute Gasteiger partial charge is 0.351 e. The monoisotopic (exact) mass is 227 g/mol. The maximum atomic E-state index is 6.02. The van der Waals surface area contributed by atoms with Crippen molar-refractivity contribution in [3.63, 3.8) is 0 Å². The second kappa shape index (κ2) is 4.88. The molecule has 1 unspecified atom stereocenters. The Kier molecular flexibility index (Phi) is 3.52. The zero-order valence-electron chi connectivity index (χ0n) is 9.12. The summed E-state index contributed by atoms with van der Waals surface area (Å²) >= 11 is 6.02. The van der Waals surface area contributed by atoms with Gasteiger partial charge in [-0.05, 0) is 18.8 Å². The Morgan fingerprint density at radius 3 is 2.87 bits per heavy atom. The number of aryl methyl sites for hydroxylation is 1. The van der Waals surface area contributed by atoms with Crippen molar-refractivity contribution in [2.75, 3.05) is 11.2 Å². The molecular weight excluding hydrogens is 210 g/mol. The number of nitrogens with zero attached hydrogens (tertiary/aromatic N) is 2. The first kappa shape index (κ1) is 10.8. The van der Waals surface area contributed by atoms with Gasteiger partial charge in [0.05, 0.1) is 0 Å². The van der Waals surface area contributed by atoms with Gasteiger partial charge in [-0.15, -0.1) is 11.6 Å². The van der Waals surface area contributed by atoms with Crippen molar-refractivity contribution in [2.45, 2.75) is 31.7 Å². The summed E-state index contributed by atoms with van der Waals surface area (Å²) in [5.41, 5.74) is 0. The molecule has 1 aliphatic rings. The second-order valence-corrected chi connectivity index (χ2v) is 4.62. The summed E-state index contributed by atoms with van der Waals surface area (Å²) in [6.07, 6.45) is 9.05. The number of aromatic nitrogens is 2. The molecular formula is C11H18ClN3. The van der Waals surface area contributed by atoms with Crippen molar-refractivity contribution < 1.29 is 0 Å². The van der Waals surface area contributed by atoms with E-state index in [-0.39, 0.29) is 0 Å². The van der Waals surface area contributed by atoms with Crippen LogP contribution >= 0.6 is 11.6 Å². The van der Waals surface area contributed by atoms with Gasteiger partial charge >= 0.3 is 0 Å². The standard InChI is InChI=1S/C11H18ClN3/c1-15-7-6-13-11(15)14-10(8-12)9-4-2-3-5-9/h6-7,9-10H,2-5,8H2,1H3,(H,13,14). The van der Waals surface area contributed by atoms with E-state index in [2.05, 4.69) is 10.3 Å². The lowest BCUT2D eigenvalue weighted by Gasteiger charge is -2.22. The average Bonchev–Trinajstić information content (AvgIpc) is 2.86. The summed E-state index contributed by atoms with van der Waals surface area (Å²) in [4.78, 5) is 4.27. The van der Waals surface area contributed by atoms with E-state index >= 15 is 0 Å². The van der Waals surface area contributed by atoms with Crippen molar-refractivity contribution in [3.8, 4) is 0 Å². The first-order valence-electron chi connectivity index (χ1n) is 5.61. The van der Waals surface area contributed by atoms with E-state index in [0.717, 1.165) is 11.9 Å². The Hall–Kier alpha value is -0.700. The average molecular weight is 228 g/mol. The first-order chi connectivity index (χ1) is 7.31. The van der Waals surface area contributed by atoms with Crippen molar-refractivity contribution in [1.82, 2.24) is 9.55 Å². The fourth-order valence-electron chi connectivity index (χ4n) is 2.31. The molecule has 1 aromatic heterocycles. The number of hydrogen-bond acceptors (Lipinski definition) is 2. The molecule has 0 aromatic carbocycles. The molecule has 1 aromatic rings. The number of anilines is 1. The highest BCUT2D eigenvalue weighted by molar-refractivity contribution is 6.18. The Balaban J connectivity index is 1.98. The maximum Gasteiger partial charge on any atom is 0.202 e. The van der Waals surface area contributed by atoms with Gasteiger partial charge in [0, 0.05) is 31.4 Å².